The third-order valence-electron chi connectivity index (χ3n) is 5.19. The van der Waals surface area contributed by atoms with Crippen molar-refractivity contribution in [3.8, 4) is 11.8 Å². The molecule has 36 heavy (non-hydrogen) atoms. The average molecular weight is 503 g/mol. The van der Waals surface area contributed by atoms with Gasteiger partial charge in [0, 0.05) is 51.3 Å². The minimum atomic E-state index is -0.923. The Morgan fingerprint density at radius 1 is 1.11 bits per heavy atom. The summed E-state index contributed by atoms with van der Waals surface area (Å²) in [5, 5.41) is 33.0. The van der Waals surface area contributed by atoms with E-state index >= 15 is 0 Å². The largest absolute Gasteiger partial charge is 0.462 e. The molecule has 0 fully saturated rings. The fraction of sp³-hybridized carbons (Fsp3) is 0.500. The second-order valence-corrected chi connectivity index (χ2v) is 8.07. The highest BCUT2D eigenvalue weighted by molar-refractivity contribution is 6.06. The third-order valence-corrected chi connectivity index (χ3v) is 5.19. The third kappa shape index (κ3) is 8.09. The summed E-state index contributed by atoms with van der Waals surface area (Å²) in [5.41, 5.74) is 1.72. The lowest BCUT2D eigenvalue weighted by molar-refractivity contribution is -0.128. The van der Waals surface area contributed by atoms with E-state index in [1.807, 2.05) is 0 Å². The zero-order chi connectivity index (χ0) is 26.5. The predicted octanol–water partition coefficient (Wildman–Crippen LogP) is 0.814. The van der Waals surface area contributed by atoms with Gasteiger partial charge in [-0.25, -0.2) is 4.79 Å². The number of hydrogen-bond acceptors (Lipinski definition) is 8. The van der Waals surface area contributed by atoms with Crippen LogP contribution in [0.1, 0.15) is 60.4 Å². The van der Waals surface area contributed by atoms with E-state index < -0.39 is 23.8 Å². The maximum atomic E-state index is 12.9. The first-order valence-corrected chi connectivity index (χ1v) is 12.0. The van der Waals surface area contributed by atoms with Gasteiger partial charge in [-0.2, -0.15) is 0 Å². The van der Waals surface area contributed by atoms with Crippen molar-refractivity contribution in [2.45, 2.75) is 52.0 Å². The Kier molecular flexibility index (Phi) is 11.9. The minimum absolute atomic E-state index is 0.00451. The molecule has 10 nitrogen and oxygen atoms in total. The second kappa shape index (κ2) is 14.9. The highest BCUT2D eigenvalue weighted by Crippen LogP contribution is 2.32. The van der Waals surface area contributed by atoms with E-state index in [1.165, 1.54) is 6.92 Å². The van der Waals surface area contributed by atoms with Crippen molar-refractivity contribution in [1.82, 2.24) is 10.6 Å². The molecule has 0 radical (unpaired) electrons. The quantitative estimate of drug-likeness (QED) is 0.153. The van der Waals surface area contributed by atoms with E-state index in [0.29, 0.717) is 53.5 Å². The SMILES string of the molecule is CCOC(=O)c1c(CCCO)oc2c(C#CCCCO)cc(C[C@H](NC(C)=O)C(=O)NCCO)cc12. The van der Waals surface area contributed by atoms with E-state index in [4.69, 9.17) is 19.4 Å². The summed E-state index contributed by atoms with van der Waals surface area (Å²) in [6.45, 7) is 2.87. The number of benzene rings is 1. The first-order chi connectivity index (χ1) is 17.4. The molecule has 5 N–H and O–H groups in total. The lowest BCUT2D eigenvalue weighted by Gasteiger charge is -2.18. The number of furan rings is 1. The average Bonchev–Trinajstić information content (AvgIpc) is 3.21. The Hall–Kier alpha value is -3.39. The Bertz CT molecular complexity index is 1110. The predicted molar refractivity (Wildman–Crippen MR) is 132 cm³/mol. The van der Waals surface area contributed by atoms with Crippen molar-refractivity contribution >= 4 is 28.8 Å². The van der Waals surface area contributed by atoms with Crippen LogP contribution in [-0.4, -0.2) is 72.1 Å². The molecule has 0 aliphatic carbocycles. The molecule has 0 aliphatic rings. The van der Waals surface area contributed by atoms with Crippen LogP contribution in [0.4, 0.5) is 0 Å². The number of aryl methyl sites for hydroxylation is 1. The molecular formula is C26H34N2O8. The number of hydrogen-bond donors (Lipinski definition) is 5. The van der Waals surface area contributed by atoms with E-state index in [1.54, 1.807) is 19.1 Å². The molecule has 1 heterocycles. The van der Waals surface area contributed by atoms with E-state index in [-0.39, 0.29) is 45.0 Å². The van der Waals surface area contributed by atoms with Gasteiger partial charge < -0.3 is 35.1 Å². The number of aliphatic hydroxyl groups excluding tert-OH is 3. The summed E-state index contributed by atoms with van der Waals surface area (Å²) in [4.78, 5) is 37.2. The van der Waals surface area contributed by atoms with Gasteiger partial charge in [-0.05, 0) is 37.5 Å². The van der Waals surface area contributed by atoms with Crippen LogP contribution >= 0.6 is 0 Å². The van der Waals surface area contributed by atoms with Crippen LogP contribution in [0.25, 0.3) is 11.0 Å². The molecule has 1 aromatic heterocycles. The molecule has 2 amide bonds. The Balaban J connectivity index is 2.64. The van der Waals surface area contributed by atoms with Crippen LogP contribution in [0, 0.1) is 11.8 Å². The summed E-state index contributed by atoms with van der Waals surface area (Å²) in [6.07, 6.45) is 1.73. The monoisotopic (exact) mass is 502 g/mol. The molecule has 10 heteroatoms. The number of esters is 1. The van der Waals surface area contributed by atoms with Crippen molar-refractivity contribution in [3.63, 3.8) is 0 Å². The maximum Gasteiger partial charge on any atom is 0.342 e. The van der Waals surface area contributed by atoms with Crippen molar-refractivity contribution in [3.05, 3.63) is 34.6 Å². The number of rotatable bonds is 13. The normalized spacial score (nSPS) is 11.5. The van der Waals surface area contributed by atoms with Crippen molar-refractivity contribution in [1.29, 1.82) is 0 Å². The first kappa shape index (κ1) is 28.8. The van der Waals surface area contributed by atoms with Crippen LogP contribution in [0.3, 0.4) is 0 Å². The summed E-state index contributed by atoms with van der Waals surface area (Å²) in [6, 6.07) is 2.52. The molecule has 1 atom stereocenters. The van der Waals surface area contributed by atoms with Crippen molar-refractivity contribution < 1.29 is 38.9 Å². The number of aliphatic hydroxyl groups is 3. The van der Waals surface area contributed by atoms with Gasteiger partial charge in [0.15, 0.2) is 5.58 Å². The van der Waals surface area contributed by atoms with Gasteiger partial charge in [0.2, 0.25) is 11.8 Å². The summed E-state index contributed by atoms with van der Waals surface area (Å²) in [5.74, 6) is 4.95. The Morgan fingerprint density at radius 2 is 1.86 bits per heavy atom. The highest BCUT2D eigenvalue weighted by atomic mass is 16.5. The van der Waals surface area contributed by atoms with Gasteiger partial charge in [0.25, 0.3) is 0 Å². The van der Waals surface area contributed by atoms with E-state index in [0.717, 1.165) is 0 Å². The fourth-order valence-corrected chi connectivity index (χ4v) is 3.68. The number of fused-ring (bicyclic) bond motifs is 1. The zero-order valence-corrected chi connectivity index (χ0v) is 20.7. The lowest BCUT2D eigenvalue weighted by Crippen LogP contribution is -2.48. The smallest absolute Gasteiger partial charge is 0.342 e. The summed E-state index contributed by atoms with van der Waals surface area (Å²) in [7, 11) is 0. The number of amides is 2. The molecule has 0 saturated heterocycles. The van der Waals surface area contributed by atoms with E-state index in [2.05, 4.69) is 22.5 Å². The molecule has 2 rings (SSSR count). The Morgan fingerprint density at radius 3 is 2.50 bits per heavy atom. The number of ether oxygens (including phenoxy) is 1. The molecular weight excluding hydrogens is 468 g/mol. The van der Waals surface area contributed by atoms with Crippen LogP contribution in [0.2, 0.25) is 0 Å². The lowest BCUT2D eigenvalue weighted by atomic mass is 9.98. The van der Waals surface area contributed by atoms with Gasteiger partial charge in [-0.3, -0.25) is 9.59 Å². The van der Waals surface area contributed by atoms with Crippen LogP contribution in [0.5, 0.6) is 0 Å². The molecule has 0 spiro atoms. The van der Waals surface area contributed by atoms with Crippen molar-refractivity contribution in [2.24, 2.45) is 0 Å². The zero-order valence-electron chi connectivity index (χ0n) is 20.7. The summed E-state index contributed by atoms with van der Waals surface area (Å²) >= 11 is 0. The van der Waals surface area contributed by atoms with Gasteiger partial charge in [-0.1, -0.05) is 11.8 Å². The Labute approximate surface area is 210 Å². The number of nitrogens with one attached hydrogen (secondary N) is 2. The van der Waals surface area contributed by atoms with Crippen molar-refractivity contribution in [2.75, 3.05) is 33.0 Å². The second-order valence-electron chi connectivity index (χ2n) is 8.07. The number of unbranched alkanes of at least 4 members (excludes halogenated alkanes) is 1. The minimum Gasteiger partial charge on any atom is -0.462 e. The first-order valence-electron chi connectivity index (χ1n) is 12.0. The number of carbonyl (C=O) groups is 3. The molecule has 0 bridgehead atoms. The summed E-state index contributed by atoms with van der Waals surface area (Å²) < 4.78 is 11.3. The fourth-order valence-electron chi connectivity index (χ4n) is 3.68. The molecule has 196 valence electrons. The maximum absolute atomic E-state index is 12.9. The topological polar surface area (TPSA) is 158 Å². The molecule has 2 aromatic rings. The van der Waals surface area contributed by atoms with Gasteiger partial charge >= 0.3 is 5.97 Å². The molecule has 0 saturated carbocycles. The standard InChI is InChI=1S/C26H34N2O8/c1-3-35-26(34)23-20-15-18(16-21(28-17(2)32)25(33)27-10-13-31)14-19(8-5-4-6-11-29)24(20)36-22(23)9-7-12-30/h14-15,21,29-31H,3-4,6-7,9-13,16H2,1-2H3,(H,27,33)(H,28,32)/t21-/m0/s1. The molecule has 0 aliphatic heterocycles. The highest BCUT2D eigenvalue weighted by Gasteiger charge is 2.26. The van der Waals surface area contributed by atoms with Crippen LogP contribution < -0.4 is 10.6 Å². The van der Waals surface area contributed by atoms with Gasteiger partial charge in [-0.15, -0.1) is 0 Å². The van der Waals surface area contributed by atoms with Crippen LogP contribution in [0.15, 0.2) is 16.5 Å². The van der Waals surface area contributed by atoms with Gasteiger partial charge in [0.1, 0.15) is 17.4 Å². The van der Waals surface area contributed by atoms with Crippen LogP contribution in [-0.2, 0) is 27.2 Å². The number of carbonyl (C=O) groups excluding carboxylic acids is 3. The molecule has 1 aromatic carbocycles. The molecule has 0 unspecified atom stereocenters. The van der Waals surface area contributed by atoms with Gasteiger partial charge in [0.05, 0.1) is 18.8 Å². The van der Waals surface area contributed by atoms with E-state index in [9.17, 15) is 19.5 Å².